The number of rotatable bonds is 9. The van der Waals surface area contributed by atoms with Crippen LogP contribution in [-0.2, 0) is 16.2 Å². The molecule has 1 aromatic heterocycles. The van der Waals surface area contributed by atoms with Gasteiger partial charge in [0.2, 0.25) is 0 Å². The maximum absolute atomic E-state index is 13.4. The van der Waals surface area contributed by atoms with Gasteiger partial charge in [0.15, 0.2) is 28.2 Å². The summed E-state index contributed by atoms with van der Waals surface area (Å²) < 4.78 is 11.6. The van der Waals surface area contributed by atoms with Crippen LogP contribution in [0.5, 0.6) is 11.5 Å². The van der Waals surface area contributed by atoms with Crippen LogP contribution in [0.3, 0.4) is 0 Å². The van der Waals surface area contributed by atoms with Crippen LogP contribution < -0.4 is 14.4 Å². The molecule has 190 valence electrons. The van der Waals surface area contributed by atoms with E-state index in [0.29, 0.717) is 28.8 Å². The van der Waals surface area contributed by atoms with Gasteiger partial charge < -0.3 is 14.6 Å². The smallest absolute Gasteiger partial charge is 0.296 e. The van der Waals surface area contributed by atoms with Gasteiger partial charge in [0.1, 0.15) is 6.61 Å². The fraction of sp³-hybridized carbons (Fsp3) is 0.100. The highest BCUT2D eigenvalue weighted by Crippen LogP contribution is 2.43. The molecule has 1 aliphatic rings. The molecule has 8 heteroatoms. The van der Waals surface area contributed by atoms with Crippen LogP contribution in [0.4, 0.5) is 5.13 Å². The molecule has 4 aromatic rings. The van der Waals surface area contributed by atoms with Crippen molar-refractivity contribution in [2.45, 2.75) is 12.6 Å². The van der Waals surface area contributed by atoms with Crippen molar-refractivity contribution in [1.82, 2.24) is 4.98 Å². The van der Waals surface area contributed by atoms with Gasteiger partial charge in [-0.2, -0.15) is 0 Å². The molecule has 0 radical (unpaired) electrons. The first-order valence-electron chi connectivity index (χ1n) is 11.8. The van der Waals surface area contributed by atoms with Crippen molar-refractivity contribution < 1.29 is 24.2 Å². The van der Waals surface area contributed by atoms with Crippen LogP contribution in [0.2, 0.25) is 0 Å². The van der Waals surface area contributed by atoms with E-state index in [9.17, 15) is 14.7 Å². The lowest BCUT2D eigenvalue weighted by Crippen LogP contribution is -2.30. The molecular weight excluding hydrogens is 500 g/mol. The van der Waals surface area contributed by atoms with Gasteiger partial charge in [-0.05, 0) is 34.9 Å². The van der Waals surface area contributed by atoms with Crippen molar-refractivity contribution in [3.63, 3.8) is 0 Å². The molecule has 1 atom stereocenters. The number of amides is 1. The van der Waals surface area contributed by atoms with Crippen LogP contribution in [0.1, 0.15) is 22.7 Å². The van der Waals surface area contributed by atoms with Crippen LogP contribution >= 0.6 is 11.3 Å². The highest BCUT2D eigenvalue weighted by atomic mass is 32.1. The molecule has 0 saturated heterocycles. The van der Waals surface area contributed by atoms with Crippen LogP contribution in [0, 0.1) is 0 Å². The molecule has 7 nitrogen and oxygen atoms in total. The first-order chi connectivity index (χ1) is 18.6. The normalized spacial score (nSPS) is 15.3. The number of aliphatic hydroxyl groups is 1. The zero-order valence-electron chi connectivity index (χ0n) is 20.5. The lowest BCUT2D eigenvalue weighted by Gasteiger charge is -2.25. The van der Waals surface area contributed by atoms with Crippen molar-refractivity contribution in [2.75, 3.05) is 12.0 Å². The number of hydrogen-bond acceptors (Lipinski definition) is 7. The number of methoxy groups -OCH3 is 1. The molecule has 38 heavy (non-hydrogen) atoms. The van der Waals surface area contributed by atoms with E-state index in [1.54, 1.807) is 35.9 Å². The predicted molar refractivity (Wildman–Crippen MR) is 146 cm³/mol. The number of aromatic nitrogens is 1. The van der Waals surface area contributed by atoms with E-state index in [4.69, 9.17) is 9.47 Å². The third kappa shape index (κ3) is 5.07. The molecule has 1 N–H and O–H groups in total. The predicted octanol–water partition coefficient (Wildman–Crippen LogP) is 5.91. The number of carbonyl (C=O) groups is 2. The van der Waals surface area contributed by atoms with Gasteiger partial charge in [0.25, 0.3) is 5.91 Å². The molecule has 0 spiro atoms. The Hall–Kier alpha value is -4.69. The summed E-state index contributed by atoms with van der Waals surface area (Å²) in [7, 11) is 1.52. The number of nitrogens with zero attached hydrogens (tertiary/aromatic N) is 2. The van der Waals surface area contributed by atoms with E-state index in [0.717, 1.165) is 11.1 Å². The van der Waals surface area contributed by atoms with Crippen molar-refractivity contribution in [3.05, 3.63) is 125 Å². The number of aliphatic hydroxyl groups excluding tert-OH is 1. The van der Waals surface area contributed by atoms with Gasteiger partial charge in [-0.15, -0.1) is 11.3 Å². The highest BCUT2D eigenvalue weighted by Gasteiger charge is 2.45. The van der Waals surface area contributed by atoms with Crippen molar-refractivity contribution in [3.8, 4) is 11.5 Å². The number of ketones is 1. The van der Waals surface area contributed by atoms with E-state index in [1.807, 2.05) is 60.7 Å². The fourth-order valence-electron chi connectivity index (χ4n) is 4.24. The average Bonchev–Trinajstić information content (AvgIpc) is 3.58. The van der Waals surface area contributed by atoms with Crippen molar-refractivity contribution in [1.29, 1.82) is 0 Å². The lowest BCUT2D eigenvalue weighted by atomic mass is 9.95. The molecule has 1 amide bonds. The van der Waals surface area contributed by atoms with Gasteiger partial charge >= 0.3 is 0 Å². The number of hydrogen-bond donors (Lipinski definition) is 1. The number of thiazole rings is 1. The van der Waals surface area contributed by atoms with Crippen LogP contribution in [-0.4, -0.2) is 28.9 Å². The molecule has 3 aromatic carbocycles. The molecule has 0 saturated carbocycles. The van der Waals surface area contributed by atoms with Gasteiger partial charge in [-0.25, -0.2) is 4.98 Å². The minimum atomic E-state index is -0.904. The van der Waals surface area contributed by atoms with E-state index < -0.39 is 23.5 Å². The van der Waals surface area contributed by atoms with E-state index >= 15 is 0 Å². The minimum absolute atomic E-state index is 0.0302. The minimum Gasteiger partial charge on any atom is -0.503 e. The molecular formula is C30H24N2O5S. The van der Waals surface area contributed by atoms with Crippen molar-refractivity contribution >= 4 is 34.2 Å². The lowest BCUT2D eigenvalue weighted by molar-refractivity contribution is -0.117. The maximum Gasteiger partial charge on any atom is 0.296 e. The molecule has 1 unspecified atom stereocenters. The third-order valence-electron chi connectivity index (χ3n) is 6.07. The number of benzene rings is 3. The summed E-state index contributed by atoms with van der Waals surface area (Å²) in [6.45, 7) is 0.346. The van der Waals surface area contributed by atoms with Gasteiger partial charge in [-0.1, -0.05) is 72.8 Å². The van der Waals surface area contributed by atoms with Crippen molar-refractivity contribution in [2.24, 2.45) is 0 Å². The SMILES string of the molecule is COc1cc(C2C(C(=O)C=Cc3ccccc3)=C(O)C(=O)N2c2nccs2)ccc1OCc1ccccc1. The van der Waals surface area contributed by atoms with E-state index in [2.05, 4.69) is 4.98 Å². The summed E-state index contributed by atoms with van der Waals surface area (Å²) in [5.74, 6) is -0.827. The Balaban J connectivity index is 1.51. The quantitative estimate of drug-likeness (QED) is 0.274. The second-order valence-corrected chi connectivity index (χ2v) is 9.32. The third-order valence-corrected chi connectivity index (χ3v) is 6.84. The summed E-state index contributed by atoms with van der Waals surface area (Å²) in [5.41, 5.74) is 2.36. The Morgan fingerprint density at radius 1 is 1.05 bits per heavy atom. The van der Waals surface area contributed by atoms with E-state index in [-0.39, 0.29) is 5.57 Å². The molecule has 1 aliphatic heterocycles. The van der Waals surface area contributed by atoms with E-state index in [1.165, 1.54) is 29.4 Å². The Morgan fingerprint density at radius 3 is 2.47 bits per heavy atom. The summed E-state index contributed by atoms with van der Waals surface area (Å²) in [6, 6.07) is 23.4. The largest absolute Gasteiger partial charge is 0.503 e. The Kier molecular flexibility index (Phi) is 7.33. The molecule has 5 rings (SSSR count). The standard InChI is InChI=1S/C30H24N2O5S/c1-36-25-18-22(13-15-24(25)37-19-21-10-6-3-7-11-21)27-26(23(33)14-12-20-8-4-2-5-9-20)28(34)29(35)32(27)30-31-16-17-38-30/h2-18,27,34H,19H2,1H3. The maximum atomic E-state index is 13.4. The number of ether oxygens (including phenoxy) is 2. The molecule has 0 bridgehead atoms. The monoisotopic (exact) mass is 524 g/mol. The fourth-order valence-corrected chi connectivity index (χ4v) is 4.91. The second-order valence-electron chi connectivity index (χ2n) is 8.45. The summed E-state index contributed by atoms with van der Waals surface area (Å²) in [4.78, 5) is 32.2. The van der Waals surface area contributed by atoms with Crippen LogP contribution in [0.25, 0.3) is 6.08 Å². The number of carbonyl (C=O) groups excluding carboxylic acids is 2. The topological polar surface area (TPSA) is 89.0 Å². The number of allylic oxidation sites excluding steroid dienone is 1. The van der Waals surface area contributed by atoms with Crippen LogP contribution in [0.15, 0.2) is 108 Å². The van der Waals surface area contributed by atoms with Gasteiger partial charge in [0, 0.05) is 11.6 Å². The summed E-state index contributed by atoms with van der Waals surface area (Å²) >= 11 is 1.24. The zero-order chi connectivity index (χ0) is 26.5. The number of anilines is 1. The Labute approximate surface area is 223 Å². The zero-order valence-corrected chi connectivity index (χ0v) is 21.3. The average molecular weight is 525 g/mol. The summed E-state index contributed by atoms with van der Waals surface area (Å²) in [6.07, 6.45) is 4.58. The van der Waals surface area contributed by atoms with Gasteiger partial charge in [0.05, 0.1) is 18.7 Å². The first-order valence-corrected chi connectivity index (χ1v) is 12.7. The summed E-state index contributed by atoms with van der Waals surface area (Å²) in [5, 5.41) is 13.0. The highest BCUT2D eigenvalue weighted by molar-refractivity contribution is 7.13. The second kappa shape index (κ2) is 11.1. The first kappa shape index (κ1) is 25.0. The molecule has 2 heterocycles. The van der Waals surface area contributed by atoms with Gasteiger partial charge in [-0.3, -0.25) is 14.5 Å². The molecule has 0 aliphatic carbocycles. The Bertz CT molecular complexity index is 1500. The Morgan fingerprint density at radius 2 is 1.79 bits per heavy atom. The molecule has 0 fully saturated rings.